The molecule has 0 amide bonds. The van der Waals surface area contributed by atoms with Crippen LogP contribution in [0, 0.1) is 0 Å². The quantitative estimate of drug-likeness (QED) is 0.418. The molecule has 0 atom stereocenters. The molecule has 0 aliphatic rings. The predicted molar refractivity (Wildman–Crippen MR) is 61.7 cm³/mol. The standard InChI is InChI=1S/C12H14O6/c13-4-1-5-17-12(16)8-18-10-3-2-9(7-14)11(15)6-10/h2-3,6-7,13,15H,1,4-5,8H2. The Bertz CT molecular complexity index is 415. The number of rotatable bonds is 7. The van der Waals surface area contributed by atoms with Crippen LogP contribution in [0.5, 0.6) is 11.5 Å². The zero-order valence-electron chi connectivity index (χ0n) is 9.67. The van der Waals surface area contributed by atoms with Crippen LogP contribution in [0.25, 0.3) is 0 Å². The Morgan fingerprint density at radius 3 is 2.78 bits per heavy atom. The highest BCUT2D eigenvalue weighted by Gasteiger charge is 2.06. The van der Waals surface area contributed by atoms with Gasteiger partial charge in [-0.1, -0.05) is 0 Å². The van der Waals surface area contributed by atoms with E-state index in [0.29, 0.717) is 12.7 Å². The first-order valence-corrected chi connectivity index (χ1v) is 5.35. The number of aldehydes is 1. The van der Waals surface area contributed by atoms with E-state index in [1.165, 1.54) is 18.2 Å². The van der Waals surface area contributed by atoms with Crippen LogP contribution in [-0.2, 0) is 9.53 Å². The third kappa shape index (κ3) is 4.42. The molecule has 0 unspecified atom stereocenters. The fourth-order valence-corrected chi connectivity index (χ4v) is 1.15. The average Bonchev–Trinajstić information content (AvgIpc) is 2.37. The van der Waals surface area contributed by atoms with Gasteiger partial charge >= 0.3 is 5.97 Å². The average molecular weight is 254 g/mol. The second-order valence-electron chi connectivity index (χ2n) is 3.42. The molecule has 0 fully saturated rings. The van der Waals surface area contributed by atoms with Crippen molar-refractivity contribution in [2.45, 2.75) is 6.42 Å². The lowest BCUT2D eigenvalue weighted by Gasteiger charge is -2.07. The lowest BCUT2D eigenvalue weighted by atomic mass is 10.2. The van der Waals surface area contributed by atoms with E-state index in [1.54, 1.807) is 0 Å². The van der Waals surface area contributed by atoms with Crippen LogP contribution >= 0.6 is 0 Å². The summed E-state index contributed by atoms with van der Waals surface area (Å²) >= 11 is 0. The Labute approximate surface area is 104 Å². The zero-order chi connectivity index (χ0) is 13.4. The summed E-state index contributed by atoms with van der Waals surface area (Å²) in [7, 11) is 0. The van der Waals surface area contributed by atoms with Crippen LogP contribution in [-0.4, -0.2) is 42.3 Å². The van der Waals surface area contributed by atoms with Gasteiger partial charge in [0.15, 0.2) is 12.9 Å². The van der Waals surface area contributed by atoms with Gasteiger partial charge in [0.2, 0.25) is 0 Å². The highest BCUT2D eigenvalue weighted by Crippen LogP contribution is 2.22. The lowest BCUT2D eigenvalue weighted by molar-refractivity contribution is -0.146. The lowest BCUT2D eigenvalue weighted by Crippen LogP contribution is -2.15. The minimum absolute atomic E-state index is 0.0465. The normalized spacial score (nSPS) is 9.83. The first kappa shape index (κ1) is 14.0. The van der Waals surface area contributed by atoms with Crippen molar-refractivity contribution >= 4 is 12.3 Å². The molecule has 0 heterocycles. The molecule has 0 spiro atoms. The third-order valence-electron chi connectivity index (χ3n) is 2.05. The Balaban J connectivity index is 2.41. The number of hydrogen-bond acceptors (Lipinski definition) is 6. The molecule has 0 aromatic heterocycles. The van der Waals surface area contributed by atoms with E-state index in [0.717, 1.165) is 0 Å². The van der Waals surface area contributed by atoms with Crippen LogP contribution in [0.4, 0.5) is 0 Å². The van der Waals surface area contributed by atoms with Crippen molar-refractivity contribution in [3.8, 4) is 11.5 Å². The summed E-state index contributed by atoms with van der Waals surface area (Å²) in [6, 6.07) is 4.09. The molecule has 0 aliphatic carbocycles. The molecular formula is C12H14O6. The van der Waals surface area contributed by atoms with Crippen molar-refractivity contribution < 1.29 is 29.3 Å². The van der Waals surface area contributed by atoms with Gasteiger partial charge in [-0.15, -0.1) is 0 Å². The Morgan fingerprint density at radius 1 is 1.39 bits per heavy atom. The summed E-state index contributed by atoms with van der Waals surface area (Å²) in [5, 5.41) is 17.9. The molecule has 1 aromatic carbocycles. The Kier molecular flexibility index (Phi) is 5.66. The number of aliphatic hydroxyl groups excluding tert-OH is 1. The smallest absolute Gasteiger partial charge is 0.344 e. The van der Waals surface area contributed by atoms with Crippen LogP contribution in [0.15, 0.2) is 18.2 Å². The van der Waals surface area contributed by atoms with Crippen molar-refractivity contribution in [2.24, 2.45) is 0 Å². The molecular weight excluding hydrogens is 240 g/mol. The van der Waals surface area contributed by atoms with E-state index >= 15 is 0 Å². The number of carbonyl (C=O) groups excluding carboxylic acids is 2. The largest absolute Gasteiger partial charge is 0.507 e. The first-order valence-electron chi connectivity index (χ1n) is 5.35. The number of phenolic OH excluding ortho intramolecular Hbond substituents is 1. The minimum atomic E-state index is -0.567. The van der Waals surface area contributed by atoms with Crippen molar-refractivity contribution in [3.63, 3.8) is 0 Å². The van der Waals surface area contributed by atoms with E-state index in [9.17, 15) is 14.7 Å². The van der Waals surface area contributed by atoms with Gasteiger partial charge in [-0.25, -0.2) is 4.79 Å². The van der Waals surface area contributed by atoms with Gasteiger partial charge < -0.3 is 19.7 Å². The monoisotopic (exact) mass is 254 g/mol. The van der Waals surface area contributed by atoms with Crippen molar-refractivity contribution in [2.75, 3.05) is 19.8 Å². The van der Waals surface area contributed by atoms with Crippen molar-refractivity contribution in [1.82, 2.24) is 0 Å². The number of esters is 1. The highest BCUT2D eigenvalue weighted by molar-refractivity contribution is 5.79. The van der Waals surface area contributed by atoms with Gasteiger partial charge in [0.05, 0.1) is 12.2 Å². The van der Waals surface area contributed by atoms with E-state index in [1.807, 2.05) is 0 Å². The van der Waals surface area contributed by atoms with Crippen LogP contribution in [0.3, 0.4) is 0 Å². The Hall–Kier alpha value is -2.08. The number of ether oxygens (including phenoxy) is 2. The third-order valence-corrected chi connectivity index (χ3v) is 2.05. The molecule has 6 nitrogen and oxygen atoms in total. The van der Waals surface area contributed by atoms with Gasteiger partial charge in [-0.05, 0) is 12.1 Å². The topological polar surface area (TPSA) is 93.1 Å². The summed E-state index contributed by atoms with van der Waals surface area (Å²) in [6.07, 6.45) is 0.892. The summed E-state index contributed by atoms with van der Waals surface area (Å²) < 4.78 is 9.80. The molecule has 0 bridgehead atoms. The first-order chi connectivity index (χ1) is 8.67. The van der Waals surface area contributed by atoms with Gasteiger partial charge in [-0.2, -0.15) is 0 Å². The molecule has 0 saturated heterocycles. The molecule has 2 N–H and O–H groups in total. The molecule has 1 aromatic rings. The van der Waals surface area contributed by atoms with Crippen molar-refractivity contribution in [3.05, 3.63) is 23.8 Å². The minimum Gasteiger partial charge on any atom is -0.507 e. The van der Waals surface area contributed by atoms with Gasteiger partial charge in [0.25, 0.3) is 0 Å². The molecule has 6 heteroatoms. The number of phenols is 1. The molecule has 0 saturated carbocycles. The van der Waals surface area contributed by atoms with Gasteiger partial charge in [0, 0.05) is 19.1 Å². The molecule has 18 heavy (non-hydrogen) atoms. The van der Waals surface area contributed by atoms with Crippen LogP contribution in [0.2, 0.25) is 0 Å². The fourth-order valence-electron chi connectivity index (χ4n) is 1.15. The number of aromatic hydroxyl groups is 1. The number of carbonyl (C=O) groups is 2. The maximum absolute atomic E-state index is 11.2. The SMILES string of the molecule is O=Cc1ccc(OCC(=O)OCCCO)cc1O. The summed E-state index contributed by atoms with van der Waals surface area (Å²) in [5.41, 5.74) is 0.146. The van der Waals surface area contributed by atoms with Gasteiger partial charge in [-0.3, -0.25) is 4.79 Å². The summed E-state index contributed by atoms with van der Waals surface area (Å²) in [4.78, 5) is 21.6. The number of aliphatic hydroxyl groups is 1. The predicted octanol–water partition coefficient (Wildman–Crippen LogP) is 0.509. The Morgan fingerprint density at radius 2 is 2.17 bits per heavy atom. The number of benzene rings is 1. The maximum Gasteiger partial charge on any atom is 0.344 e. The van der Waals surface area contributed by atoms with Gasteiger partial charge in [0.1, 0.15) is 11.5 Å². The van der Waals surface area contributed by atoms with E-state index < -0.39 is 5.97 Å². The molecule has 98 valence electrons. The van der Waals surface area contributed by atoms with Crippen LogP contribution in [0.1, 0.15) is 16.8 Å². The number of hydrogen-bond donors (Lipinski definition) is 2. The summed E-state index contributed by atoms with van der Waals surface area (Å²) in [5.74, 6) is -0.518. The van der Waals surface area contributed by atoms with E-state index in [-0.39, 0.29) is 36.9 Å². The van der Waals surface area contributed by atoms with Crippen molar-refractivity contribution in [1.29, 1.82) is 0 Å². The van der Waals surface area contributed by atoms with Crippen LogP contribution < -0.4 is 4.74 Å². The second kappa shape index (κ2) is 7.29. The zero-order valence-corrected chi connectivity index (χ0v) is 9.67. The maximum atomic E-state index is 11.2. The van der Waals surface area contributed by atoms with E-state index in [4.69, 9.17) is 14.6 Å². The van der Waals surface area contributed by atoms with E-state index in [2.05, 4.69) is 0 Å². The molecule has 0 aliphatic heterocycles. The molecule has 1 rings (SSSR count). The fraction of sp³-hybridized carbons (Fsp3) is 0.333. The second-order valence-corrected chi connectivity index (χ2v) is 3.42. The highest BCUT2D eigenvalue weighted by atomic mass is 16.6. The molecule has 0 radical (unpaired) electrons. The summed E-state index contributed by atoms with van der Waals surface area (Å²) in [6.45, 7) is -0.214.